The molecule has 4 aromatic rings. The largest absolute Gasteiger partial charge is 0.507 e. The summed E-state index contributed by atoms with van der Waals surface area (Å²) in [4.78, 5) is 8.79. The second-order valence-electron chi connectivity index (χ2n) is 8.12. The van der Waals surface area contributed by atoms with Crippen molar-refractivity contribution in [2.45, 2.75) is 13.5 Å². The van der Waals surface area contributed by atoms with Gasteiger partial charge in [0.2, 0.25) is 0 Å². The number of phenols is 1. The molecule has 0 unspecified atom stereocenters. The summed E-state index contributed by atoms with van der Waals surface area (Å²) < 4.78 is 0. The van der Waals surface area contributed by atoms with Gasteiger partial charge in [-0.05, 0) is 67.1 Å². The van der Waals surface area contributed by atoms with Crippen LogP contribution in [0.5, 0.6) is 5.75 Å². The number of nitrogens with zero attached hydrogens (tertiary/aromatic N) is 3. The number of anilines is 4. The first-order chi connectivity index (χ1) is 15.8. The topological polar surface area (TPSA) is 65.6 Å². The minimum absolute atomic E-state index is 0.153. The quantitative estimate of drug-likeness (QED) is 0.350. The Morgan fingerprint density at radius 1 is 0.909 bits per heavy atom. The van der Waals surface area contributed by atoms with Gasteiger partial charge in [-0.3, -0.25) is 0 Å². The van der Waals surface area contributed by atoms with Crippen LogP contribution in [-0.4, -0.2) is 24.2 Å². The van der Waals surface area contributed by atoms with Crippen LogP contribution in [0.3, 0.4) is 0 Å². The molecule has 0 fully saturated rings. The highest BCUT2D eigenvalue weighted by Crippen LogP contribution is 2.35. The zero-order valence-electron chi connectivity index (χ0n) is 19.0. The molecule has 3 N–H and O–H groups in total. The maximum Gasteiger partial charge on any atom is 0.129 e. The van der Waals surface area contributed by atoms with Gasteiger partial charge in [0.05, 0.1) is 5.69 Å². The molecule has 1 heterocycles. The maximum absolute atomic E-state index is 10.5. The summed E-state index contributed by atoms with van der Waals surface area (Å²) in [6.45, 7) is 2.72. The highest BCUT2D eigenvalue weighted by atomic mass is 35.5. The Kier molecular flexibility index (Phi) is 6.43. The van der Waals surface area contributed by atoms with Gasteiger partial charge < -0.3 is 20.6 Å². The minimum Gasteiger partial charge on any atom is -0.507 e. The fraction of sp³-hybridized carbons (Fsp3) is 0.148. The van der Waals surface area contributed by atoms with Crippen LogP contribution in [0.15, 0.2) is 78.9 Å². The van der Waals surface area contributed by atoms with Crippen molar-refractivity contribution in [2.75, 3.05) is 29.6 Å². The standard InChI is InChI=1S/C27H27ClN4O/c1-18-6-4-5-7-25(18)31(2)17-19-8-14-24(30-27(19)29)23-16-22(13-15-26(23)33)32(3)21-11-9-20(28)10-12-21/h4-16,33H,17H2,1-3H3,(H2,29,30). The molecule has 0 saturated carbocycles. The Labute approximate surface area is 199 Å². The average molecular weight is 459 g/mol. The fourth-order valence-electron chi connectivity index (χ4n) is 3.87. The summed E-state index contributed by atoms with van der Waals surface area (Å²) in [5.41, 5.74) is 12.8. The van der Waals surface area contributed by atoms with E-state index >= 15 is 0 Å². The molecule has 33 heavy (non-hydrogen) atoms. The van der Waals surface area contributed by atoms with Crippen LogP contribution in [0.25, 0.3) is 11.3 Å². The molecule has 6 heteroatoms. The van der Waals surface area contributed by atoms with Crippen molar-refractivity contribution in [1.82, 2.24) is 4.98 Å². The van der Waals surface area contributed by atoms with E-state index in [2.05, 4.69) is 28.9 Å². The number of pyridine rings is 1. The number of phenolic OH excluding ortho intramolecular Hbond substituents is 1. The molecule has 0 spiro atoms. The monoisotopic (exact) mass is 458 g/mol. The van der Waals surface area contributed by atoms with E-state index in [1.165, 1.54) is 5.56 Å². The molecule has 1 aromatic heterocycles. The van der Waals surface area contributed by atoms with E-state index in [0.29, 0.717) is 28.6 Å². The number of hydrogen-bond acceptors (Lipinski definition) is 5. The van der Waals surface area contributed by atoms with Gasteiger partial charge in [0.1, 0.15) is 11.6 Å². The summed E-state index contributed by atoms with van der Waals surface area (Å²) >= 11 is 6.02. The van der Waals surface area contributed by atoms with E-state index < -0.39 is 0 Å². The highest BCUT2D eigenvalue weighted by molar-refractivity contribution is 6.30. The first-order valence-corrected chi connectivity index (χ1v) is 11.1. The number of hydrogen-bond donors (Lipinski definition) is 2. The fourth-order valence-corrected chi connectivity index (χ4v) is 4.00. The molecule has 0 saturated heterocycles. The Morgan fingerprint density at radius 3 is 2.30 bits per heavy atom. The minimum atomic E-state index is 0.153. The highest BCUT2D eigenvalue weighted by Gasteiger charge is 2.14. The summed E-state index contributed by atoms with van der Waals surface area (Å²) in [6, 6.07) is 25.2. The molecule has 0 radical (unpaired) electrons. The number of nitrogens with two attached hydrogens (primary N) is 1. The van der Waals surface area contributed by atoms with Crippen LogP contribution >= 0.6 is 11.6 Å². The number of benzene rings is 3. The van der Waals surface area contributed by atoms with Crippen molar-refractivity contribution in [3.63, 3.8) is 0 Å². The van der Waals surface area contributed by atoms with Crippen molar-refractivity contribution >= 4 is 34.5 Å². The van der Waals surface area contributed by atoms with E-state index in [0.717, 1.165) is 22.6 Å². The number of aryl methyl sites for hydroxylation is 1. The van der Waals surface area contributed by atoms with Crippen molar-refractivity contribution in [1.29, 1.82) is 0 Å². The van der Waals surface area contributed by atoms with E-state index in [1.54, 1.807) is 6.07 Å². The van der Waals surface area contributed by atoms with E-state index in [9.17, 15) is 5.11 Å². The molecule has 0 amide bonds. The lowest BCUT2D eigenvalue weighted by molar-refractivity contribution is 0.477. The van der Waals surface area contributed by atoms with Gasteiger partial charge >= 0.3 is 0 Å². The van der Waals surface area contributed by atoms with Gasteiger partial charge in [-0.1, -0.05) is 35.9 Å². The van der Waals surface area contributed by atoms with Crippen LogP contribution in [0.1, 0.15) is 11.1 Å². The number of halogens is 1. The zero-order chi connectivity index (χ0) is 23.5. The Bertz CT molecular complexity index is 1270. The molecular weight excluding hydrogens is 432 g/mol. The van der Waals surface area contributed by atoms with Crippen LogP contribution in [0.4, 0.5) is 22.9 Å². The molecule has 0 aliphatic heterocycles. The predicted octanol–water partition coefficient (Wildman–Crippen LogP) is 6.40. The Morgan fingerprint density at radius 2 is 1.61 bits per heavy atom. The maximum atomic E-state index is 10.5. The van der Waals surface area contributed by atoms with Crippen LogP contribution in [0.2, 0.25) is 5.02 Å². The van der Waals surface area contributed by atoms with Gasteiger partial charge in [-0.25, -0.2) is 4.98 Å². The summed E-state index contributed by atoms with van der Waals surface area (Å²) in [6.07, 6.45) is 0. The first kappa shape index (κ1) is 22.5. The first-order valence-electron chi connectivity index (χ1n) is 10.7. The van der Waals surface area contributed by atoms with Crippen molar-refractivity contribution in [3.8, 4) is 17.0 Å². The number of nitrogen functional groups attached to an aromatic ring is 1. The number of aromatic hydroxyl groups is 1. The summed E-state index contributed by atoms with van der Waals surface area (Å²) in [5.74, 6) is 0.601. The van der Waals surface area contributed by atoms with E-state index in [4.69, 9.17) is 17.3 Å². The summed E-state index contributed by atoms with van der Waals surface area (Å²) in [7, 11) is 4.00. The van der Waals surface area contributed by atoms with Gasteiger partial charge in [0.15, 0.2) is 0 Å². The van der Waals surface area contributed by atoms with Crippen LogP contribution in [-0.2, 0) is 6.54 Å². The van der Waals surface area contributed by atoms with Gasteiger partial charge in [0, 0.05) is 53.9 Å². The third-order valence-electron chi connectivity index (χ3n) is 5.80. The van der Waals surface area contributed by atoms with Gasteiger partial charge in [-0.2, -0.15) is 0 Å². The molecule has 0 bridgehead atoms. The summed E-state index contributed by atoms with van der Waals surface area (Å²) in [5, 5.41) is 11.2. The molecule has 3 aromatic carbocycles. The lowest BCUT2D eigenvalue weighted by Gasteiger charge is -2.22. The molecule has 168 valence electrons. The average Bonchev–Trinajstić information content (AvgIpc) is 2.81. The molecule has 0 atom stereocenters. The number of rotatable bonds is 6. The molecule has 0 aliphatic rings. The second-order valence-corrected chi connectivity index (χ2v) is 8.56. The van der Waals surface area contributed by atoms with Crippen molar-refractivity contribution < 1.29 is 5.11 Å². The Balaban J connectivity index is 1.60. The Hall–Kier alpha value is -3.70. The van der Waals surface area contributed by atoms with E-state index in [1.807, 2.05) is 79.7 Å². The lowest BCUT2D eigenvalue weighted by atomic mass is 10.1. The molecule has 0 aliphatic carbocycles. The smallest absolute Gasteiger partial charge is 0.129 e. The molecule has 4 rings (SSSR count). The van der Waals surface area contributed by atoms with Crippen LogP contribution < -0.4 is 15.5 Å². The number of para-hydroxylation sites is 1. The third kappa shape index (κ3) is 4.89. The van der Waals surface area contributed by atoms with Crippen molar-refractivity contribution in [3.05, 3.63) is 95.0 Å². The second kappa shape index (κ2) is 9.43. The van der Waals surface area contributed by atoms with Crippen molar-refractivity contribution in [2.24, 2.45) is 0 Å². The molecule has 5 nitrogen and oxygen atoms in total. The molecular formula is C27H27ClN4O. The predicted molar refractivity (Wildman–Crippen MR) is 139 cm³/mol. The van der Waals surface area contributed by atoms with E-state index in [-0.39, 0.29) is 5.75 Å². The third-order valence-corrected chi connectivity index (χ3v) is 6.06. The van der Waals surface area contributed by atoms with Gasteiger partial charge in [-0.15, -0.1) is 0 Å². The lowest BCUT2D eigenvalue weighted by Crippen LogP contribution is -2.18. The van der Waals surface area contributed by atoms with Crippen LogP contribution in [0, 0.1) is 6.92 Å². The number of aromatic nitrogens is 1. The SMILES string of the molecule is Cc1ccccc1N(C)Cc1ccc(-c2cc(N(C)c3ccc(Cl)cc3)ccc2O)nc1N. The normalized spacial score (nSPS) is 10.8. The zero-order valence-corrected chi connectivity index (χ0v) is 19.7. The van der Waals surface area contributed by atoms with Gasteiger partial charge in [0.25, 0.3) is 0 Å².